The standard InChI is InChI=1S/C8H11NO3/c10-6-2-4-8(12-6)3-1-5-9-7(8)11/h1-5H2,(H,9,11). The number of ether oxygens (including phenoxy) is 1. The number of esters is 1. The first-order chi connectivity index (χ1) is 5.73. The molecule has 1 spiro atoms. The van der Waals surface area contributed by atoms with Gasteiger partial charge in [-0.25, -0.2) is 0 Å². The molecule has 0 aliphatic carbocycles. The average molecular weight is 169 g/mol. The fourth-order valence-corrected chi connectivity index (χ4v) is 1.81. The molecule has 1 amide bonds. The van der Waals surface area contributed by atoms with Crippen molar-refractivity contribution in [2.75, 3.05) is 6.54 Å². The minimum Gasteiger partial charge on any atom is -0.449 e. The maximum absolute atomic E-state index is 11.4. The van der Waals surface area contributed by atoms with Crippen molar-refractivity contribution in [3.05, 3.63) is 0 Å². The lowest BCUT2D eigenvalue weighted by Crippen LogP contribution is -2.50. The zero-order valence-electron chi connectivity index (χ0n) is 6.76. The van der Waals surface area contributed by atoms with Crippen LogP contribution < -0.4 is 5.32 Å². The molecule has 66 valence electrons. The van der Waals surface area contributed by atoms with Crippen molar-refractivity contribution in [1.29, 1.82) is 0 Å². The van der Waals surface area contributed by atoms with Crippen molar-refractivity contribution in [1.82, 2.24) is 5.32 Å². The number of hydrogen-bond acceptors (Lipinski definition) is 3. The molecule has 1 unspecified atom stereocenters. The van der Waals surface area contributed by atoms with E-state index in [1.165, 1.54) is 0 Å². The van der Waals surface area contributed by atoms with E-state index in [0.717, 1.165) is 6.42 Å². The summed E-state index contributed by atoms with van der Waals surface area (Å²) in [6, 6.07) is 0. The van der Waals surface area contributed by atoms with E-state index in [-0.39, 0.29) is 11.9 Å². The molecule has 2 rings (SSSR count). The van der Waals surface area contributed by atoms with Gasteiger partial charge in [-0.15, -0.1) is 0 Å². The second-order valence-electron chi connectivity index (χ2n) is 3.33. The molecule has 0 aromatic carbocycles. The van der Waals surface area contributed by atoms with Gasteiger partial charge in [-0.1, -0.05) is 0 Å². The van der Waals surface area contributed by atoms with E-state index in [1.54, 1.807) is 0 Å². The van der Waals surface area contributed by atoms with Gasteiger partial charge in [-0.3, -0.25) is 9.59 Å². The van der Waals surface area contributed by atoms with Crippen LogP contribution in [0.4, 0.5) is 0 Å². The summed E-state index contributed by atoms with van der Waals surface area (Å²) < 4.78 is 5.05. The molecule has 12 heavy (non-hydrogen) atoms. The zero-order chi connectivity index (χ0) is 8.60. The SMILES string of the molecule is O=C1CCC2(CCCNC2=O)O1. The molecule has 2 aliphatic heterocycles. The molecule has 0 aromatic rings. The number of carbonyl (C=O) groups is 2. The Bertz CT molecular complexity index is 238. The maximum Gasteiger partial charge on any atom is 0.307 e. The fourth-order valence-electron chi connectivity index (χ4n) is 1.81. The predicted octanol–water partition coefficient (Wildman–Crippen LogP) is -0.0278. The molecule has 2 fully saturated rings. The third-order valence-corrected chi connectivity index (χ3v) is 2.50. The lowest BCUT2D eigenvalue weighted by molar-refractivity contribution is -0.161. The highest BCUT2D eigenvalue weighted by molar-refractivity contribution is 5.91. The number of piperidine rings is 1. The summed E-state index contributed by atoms with van der Waals surface area (Å²) in [5.74, 6) is -0.355. The Morgan fingerprint density at radius 1 is 1.33 bits per heavy atom. The van der Waals surface area contributed by atoms with E-state index >= 15 is 0 Å². The van der Waals surface area contributed by atoms with E-state index in [1.807, 2.05) is 0 Å². The number of carbonyl (C=O) groups excluding carboxylic acids is 2. The van der Waals surface area contributed by atoms with E-state index in [2.05, 4.69) is 5.32 Å². The Morgan fingerprint density at radius 2 is 2.17 bits per heavy atom. The van der Waals surface area contributed by atoms with Crippen LogP contribution in [-0.4, -0.2) is 24.0 Å². The third kappa shape index (κ3) is 0.983. The summed E-state index contributed by atoms with van der Waals surface area (Å²) in [4.78, 5) is 22.2. The fraction of sp³-hybridized carbons (Fsp3) is 0.750. The number of rotatable bonds is 0. The Balaban J connectivity index is 2.18. The van der Waals surface area contributed by atoms with E-state index < -0.39 is 5.60 Å². The van der Waals surface area contributed by atoms with Crippen LogP contribution in [-0.2, 0) is 14.3 Å². The second-order valence-corrected chi connectivity index (χ2v) is 3.33. The van der Waals surface area contributed by atoms with Gasteiger partial charge in [-0.05, 0) is 12.8 Å². The average Bonchev–Trinajstić information content (AvgIpc) is 2.41. The van der Waals surface area contributed by atoms with Gasteiger partial charge in [0.25, 0.3) is 5.91 Å². The number of amides is 1. The van der Waals surface area contributed by atoms with E-state index in [9.17, 15) is 9.59 Å². The molecule has 2 aliphatic rings. The molecular formula is C8H11NO3. The van der Waals surface area contributed by atoms with E-state index in [0.29, 0.717) is 25.8 Å². The first-order valence-corrected chi connectivity index (χ1v) is 4.23. The Hall–Kier alpha value is -1.06. The molecule has 2 heterocycles. The van der Waals surface area contributed by atoms with Gasteiger partial charge in [-0.2, -0.15) is 0 Å². The van der Waals surface area contributed by atoms with Crippen molar-refractivity contribution in [3.63, 3.8) is 0 Å². The van der Waals surface area contributed by atoms with Gasteiger partial charge in [0.2, 0.25) is 0 Å². The topological polar surface area (TPSA) is 55.4 Å². The Labute approximate surface area is 70.3 Å². The summed E-state index contributed by atoms with van der Waals surface area (Å²) in [7, 11) is 0. The lowest BCUT2D eigenvalue weighted by atomic mass is 9.90. The third-order valence-electron chi connectivity index (χ3n) is 2.50. The van der Waals surface area contributed by atoms with Crippen LogP contribution in [0.2, 0.25) is 0 Å². The van der Waals surface area contributed by atoms with Gasteiger partial charge < -0.3 is 10.1 Å². The van der Waals surface area contributed by atoms with Crippen molar-refractivity contribution < 1.29 is 14.3 Å². The first-order valence-electron chi connectivity index (χ1n) is 4.23. The summed E-state index contributed by atoms with van der Waals surface area (Å²) in [5, 5.41) is 2.72. The lowest BCUT2D eigenvalue weighted by Gasteiger charge is -2.30. The molecule has 0 saturated carbocycles. The van der Waals surface area contributed by atoms with Crippen molar-refractivity contribution in [2.45, 2.75) is 31.3 Å². The first kappa shape index (κ1) is 7.58. The number of nitrogens with one attached hydrogen (secondary N) is 1. The summed E-state index contributed by atoms with van der Waals surface area (Å²) in [6.45, 7) is 0.706. The summed E-state index contributed by atoms with van der Waals surface area (Å²) in [6.07, 6.45) is 2.52. The minimum atomic E-state index is -0.796. The quantitative estimate of drug-likeness (QED) is 0.518. The van der Waals surface area contributed by atoms with Crippen LogP contribution in [0.5, 0.6) is 0 Å². The maximum atomic E-state index is 11.4. The normalized spacial score (nSPS) is 35.0. The summed E-state index contributed by atoms with van der Waals surface area (Å²) in [5.41, 5.74) is -0.796. The molecule has 4 heteroatoms. The molecular weight excluding hydrogens is 158 g/mol. The Kier molecular flexibility index (Phi) is 1.56. The van der Waals surface area contributed by atoms with Crippen molar-refractivity contribution in [3.8, 4) is 0 Å². The van der Waals surface area contributed by atoms with Gasteiger partial charge in [0.1, 0.15) is 0 Å². The van der Waals surface area contributed by atoms with Crippen molar-refractivity contribution >= 4 is 11.9 Å². The highest BCUT2D eigenvalue weighted by atomic mass is 16.6. The second kappa shape index (κ2) is 2.47. The zero-order valence-corrected chi connectivity index (χ0v) is 6.76. The highest BCUT2D eigenvalue weighted by Gasteiger charge is 2.48. The van der Waals surface area contributed by atoms with Gasteiger partial charge in [0.05, 0.1) is 0 Å². The minimum absolute atomic E-state index is 0.111. The van der Waals surface area contributed by atoms with Gasteiger partial charge in [0, 0.05) is 19.4 Å². The molecule has 0 aromatic heterocycles. The molecule has 0 bridgehead atoms. The monoisotopic (exact) mass is 169 g/mol. The summed E-state index contributed by atoms with van der Waals surface area (Å²) >= 11 is 0. The van der Waals surface area contributed by atoms with Crippen LogP contribution in [0.25, 0.3) is 0 Å². The van der Waals surface area contributed by atoms with Crippen LogP contribution in [0.15, 0.2) is 0 Å². The molecule has 2 saturated heterocycles. The smallest absolute Gasteiger partial charge is 0.307 e. The van der Waals surface area contributed by atoms with Crippen molar-refractivity contribution in [2.24, 2.45) is 0 Å². The van der Waals surface area contributed by atoms with Gasteiger partial charge >= 0.3 is 5.97 Å². The van der Waals surface area contributed by atoms with Crippen LogP contribution in [0, 0.1) is 0 Å². The van der Waals surface area contributed by atoms with Crippen LogP contribution in [0.1, 0.15) is 25.7 Å². The molecule has 1 N–H and O–H groups in total. The molecule has 0 radical (unpaired) electrons. The highest BCUT2D eigenvalue weighted by Crippen LogP contribution is 2.33. The van der Waals surface area contributed by atoms with E-state index in [4.69, 9.17) is 4.74 Å². The largest absolute Gasteiger partial charge is 0.449 e. The van der Waals surface area contributed by atoms with Crippen LogP contribution >= 0.6 is 0 Å². The molecule has 4 nitrogen and oxygen atoms in total. The Morgan fingerprint density at radius 3 is 2.75 bits per heavy atom. The van der Waals surface area contributed by atoms with Crippen LogP contribution in [0.3, 0.4) is 0 Å². The predicted molar refractivity (Wildman–Crippen MR) is 40.3 cm³/mol. The molecule has 1 atom stereocenters. The number of hydrogen-bond donors (Lipinski definition) is 1. The van der Waals surface area contributed by atoms with Gasteiger partial charge in [0.15, 0.2) is 5.60 Å².